The van der Waals surface area contributed by atoms with E-state index in [1.807, 2.05) is 6.92 Å². The molecule has 0 aromatic rings. The van der Waals surface area contributed by atoms with Crippen LogP contribution < -0.4 is 11.3 Å². The molecule has 0 aliphatic heterocycles. The van der Waals surface area contributed by atoms with Crippen molar-refractivity contribution >= 4 is 5.91 Å². The first kappa shape index (κ1) is 5.56. The summed E-state index contributed by atoms with van der Waals surface area (Å²) in [6.45, 7) is 1.91. The van der Waals surface area contributed by atoms with Gasteiger partial charge in [-0.1, -0.05) is 6.92 Å². The second kappa shape index (κ2) is 1.45. The van der Waals surface area contributed by atoms with Crippen LogP contribution in [-0.2, 0) is 4.79 Å². The third kappa shape index (κ3) is 0.690. The molecule has 0 unspecified atom stereocenters. The van der Waals surface area contributed by atoms with E-state index in [1.165, 1.54) is 0 Å². The van der Waals surface area contributed by atoms with E-state index in [0.717, 1.165) is 12.8 Å². The largest absolute Gasteiger partial charge is 0.294 e. The van der Waals surface area contributed by atoms with E-state index in [9.17, 15) is 4.79 Å². The van der Waals surface area contributed by atoms with Gasteiger partial charge in [0.2, 0.25) is 5.91 Å². The topological polar surface area (TPSA) is 55.1 Å². The van der Waals surface area contributed by atoms with Crippen molar-refractivity contribution in [1.29, 1.82) is 0 Å². The summed E-state index contributed by atoms with van der Waals surface area (Å²) in [6, 6.07) is 0. The number of amides is 1. The Hall–Kier alpha value is -0.570. The number of nitrogens with two attached hydrogens (primary N) is 1. The molecule has 46 valence electrons. The van der Waals surface area contributed by atoms with Crippen molar-refractivity contribution in [2.45, 2.75) is 19.8 Å². The van der Waals surface area contributed by atoms with E-state index in [-0.39, 0.29) is 11.3 Å². The first-order valence-electron chi connectivity index (χ1n) is 2.70. The van der Waals surface area contributed by atoms with Crippen LogP contribution in [0.25, 0.3) is 0 Å². The summed E-state index contributed by atoms with van der Waals surface area (Å²) >= 11 is 0. The predicted molar refractivity (Wildman–Crippen MR) is 29.7 cm³/mol. The highest BCUT2D eigenvalue weighted by Gasteiger charge is 2.44. The van der Waals surface area contributed by atoms with Gasteiger partial charge in [0.25, 0.3) is 0 Å². The smallest absolute Gasteiger partial charge is 0.239 e. The third-order valence-corrected chi connectivity index (χ3v) is 1.68. The summed E-state index contributed by atoms with van der Waals surface area (Å²) in [5, 5.41) is 0. The lowest BCUT2D eigenvalue weighted by molar-refractivity contribution is -0.125. The lowest BCUT2D eigenvalue weighted by Gasteiger charge is -2.02. The lowest BCUT2D eigenvalue weighted by atomic mass is 10.1. The fourth-order valence-electron chi connectivity index (χ4n) is 0.589. The third-order valence-electron chi connectivity index (χ3n) is 1.68. The molecule has 0 heterocycles. The molecule has 0 bridgehead atoms. The van der Waals surface area contributed by atoms with E-state index in [0.29, 0.717) is 0 Å². The van der Waals surface area contributed by atoms with Gasteiger partial charge >= 0.3 is 0 Å². The van der Waals surface area contributed by atoms with Gasteiger partial charge in [-0.2, -0.15) is 0 Å². The maximum Gasteiger partial charge on any atom is 0.239 e. The molecule has 0 aromatic carbocycles. The first-order chi connectivity index (χ1) is 3.69. The van der Waals surface area contributed by atoms with Crippen LogP contribution in [-0.4, -0.2) is 5.91 Å². The zero-order valence-electron chi connectivity index (χ0n) is 4.90. The zero-order valence-corrected chi connectivity index (χ0v) is 4.90. The molecule has 0 radical (unpaired) electrons. The van der Waals surface area contributed by atoms with Crippen LogP contribution in [0, 0.1) is 5.41 Å². The maximum atomic E-state index is 10.7. The Morgan fingerprint density at radius 1 is 1.75 bits per heavy atom. The van der Waals surface area contributed by atoms with E-state index < -0.39 is 0 Å². The minimum absolute atomic E-state index is 0.0301. The molecule has 8 heavy (non-hydrogen) atoms. The minimum atomic E-state index is -0.116. The average Bonchev–Trinajstić information content (AvgIpc) is 2.47. The number of carbonyl (C=O) groups excluding carboxylic acids is 1. The van der Waals surface area contributed by atoms with Crippen LogP contribution in [0.5, 0.6) is 0 Å². The van der Waals surface area contributed by atoms with E-state index >= 15 is 0 Å². The van der Waals surface area contributed by atoms with Crippen molar-refractivity contribution in [3.8, 4) is 0 Å². The van der Waals surface area contributed by atoms with Gasteiger partial charge in [-0.3, -0.25) is 10.2 Å². The monoisotopic (exact) mass is 114 g/mol. The number of hydrogen-bond acceptors (Lipinski definition) is 2. The van der Waals surface area contributed by atoms with Crippen LogP contribution >= 0.6 is 0 Å². The number of hydrogen-bond donors (Lipinski definition) is 2. The van der Waals surface area contributed by atoms with Gasteiger partial charge in [-0.15, -0.1) is 0 Å². The molecule has 3 N–H and O–H groups in total. The molecule has 1 amide bonds. The van der Waals surface area contributed by atoms with Crippen molar-refractivity contribution in [3.63, 3.8) is 0 Å². The van der Waals surface area contributed by atoms with Crippen LogP contribution in [0.4, 0.5) is 0 Å². The summed E-state index contributed by atoms with van der Waals surface area (Å²) in [7, 11) is 0. The Morgan fingerprint density at radius 3 is 2.38 bits per heavy atom. The highest BCUT2D eigenvalue weighted by atomic mass is 16.2. The molecule has 3 heteroatoms. The Kier molecular flexibility index (Phi) is 1.01. The molecule has 0 aromatic heterocycles. The molecule has 0 spiro atoms. The van der Waals surface area contributed by atoms with Gasteiger partial charge in [0, 0.05) is 5.41 Å². The summed E-state index contributed by atoms with van der Waals surface area (Å²) in [5.41, 5.74) is 2.01. The fourth-order valence-corrected chi connectivity index (χ4v) is 0.589. The molecule has 1 aliphatic rings. The molecule has 1 rings (SSSR count). The Bertz CT molecular complexity index is 118. The van der Waals surface area contributed by atoms with Crippen molar-refractivity contribution in [2.24, 2.45) is 11.3 Å². The highest BCUT2D eigenvalue weighted by molar-refractivity contribution is 5.84. The number of carbonyl (C=O) groups is 1. The van der Waals surface area contributed by atoms with Crippen molar-refractivity contribution < 1.29 is 4.79 Å². The second-order valence-electron chi connectivity index (χ2n) is 2.53. The lowest BCUT2D eigenvalue weighted by Crippen LogP contribution is -2.35. The number of nitrogens with one attached hydrogen (secondary N) is 1. The van der Waals surface area contributed by atoms with Gasteiger partial charge in [0.05, 0.1) is 0 Å². The first-order valence-corrected chi connectivity index (χ1v) is 2.70. The van der Waals surface area contributed by atoms with Gasteiger partial charge in [0.15, 0.2) is 0 Å². The molecule has 0 saturated heterocycles. The van der Waals surface area contributed by atoms with Crippen LogP contribution in [0.1, 0.15) is 19.8 Å². The van der Waals surface area contributed by atoms with Gasteiger partial charge in [-0.25, -0.2) is 5.84 Å². The number of hydrazine groups is 1. The molecular formula is C5H10N2O. The summed E-state index contributed by atoms with van der Waals surface area (Å²) in [5.74, 6) is 4.87. The second-order valence-corrected chi connectivity index (χ2v) is 2.53. The van der Waals surface area contributed by atoms with Crippen LogP contribution in [0.3, 0.4) is 0 Å². The summed E-state index contributed by atoms with van der Waals surface area (Å²) in [6.07, 6.45) is 1.96. The molecule has 0 atom stereocenters. The van der Waals surface area contributed by atoms with Gasteiger partial charge in [0.1, 0.15) is 0 Å². The fraction of sp³-hybridized carbons (Fsp3) is 0.800. The van der Waals surface area contributed by atoms with Crippen LogP contribution in [0.15, 0.2) is 0 Å². The van der Waals surface area contributed by atoms with E-state index in [2.05, 4.69) is 5.43 Å². The van der Waals surface area contributed by atoms with Gasteiger partial charge < -0.3 is 0 Å². The van der Waals surface area contributed by atoms with E-state index in [4.69, 9.17) is 5.84 Å². The van der Waals surface area contributed by atoms with Gasteiger partial charge in [-0.05, 0) is 12.8 Å². The Labute approximate surface area is 48.2 Å². The molecular weight excluding hydrogens is 104 g/mol. The Balaban J connectivity index is 2.46. The molecule has 3 nitrogen and oxygen atoms in total. The SMILES string of the molecule is CC1(C(=O)NN)CC1. The standard InChI is InChI=1S/C5H10N2O/c1-5(2-3-5)4(8)7-6/h2-3,6H2,1H3,(H,7,8). The molecule has 1 fully saturated rings. The molecule has 1 aliphatic carbocycles. The zero-order chi connectivity index (χ0) is 6.20. The molecule has 1 saturated carbocycles. The van der Waals surface area contributed by atoms with Crippen molar-refractivity contribution in [1.82, 2.24) is 5.43 Å². The number of rotatable bonds is 1. The Morgan fingerprint density at radius 2 is 2.25 bits per heavy atom. The predicted octanol–water partition coefficient (Wildman–Crippen LogP) is -0.224. The minimum Gasteiger partial charge on any atom is -0.294 e. The summed E-state index contributed by atoms with van der Waals surface area (Å²) < 4.78 is 0. The normalized spacial score (nSPS) is 22.2. The van der Waals surface area contributed by atoms with Crippen molar-refractivity contribution in [2.75, 3.05) is 0 Å². The van der Waals surface area contributed by atoms with Crippen LogP contribution in [0.2, 0.25) is 0 Å². The van der Waals surface area contributed by atoms with Crippen molar-refractivity contribution in [3.05, 3.63) is 0 Å². The quantitative estimate of drug-likeness (QED) is 0.281. The maximum absolute atomic E-state index is 10.7. The van der Waals surface area contributed by atoms with E-state index in [1.54, 1.807) is 0 Å². The average molecular weight is 114 g/mol. The summed E-state index contributed by atoms with van der Waals surface area (Å²) in [4.78, 5) is 10.7. The highest BCUT2D eigenvalue weighted by Crippen LogP contribution is 2.44.